The van der Waals surface area contributed by atoms with E-state index in [0.29, 0.717) is 18.9 Å². The second-order valence-electron chi connectivity index (χ2n) is 4.30. The maximum absolute atomic E-state index is 10.0. The number of aliphatic hydroxyl groups is 1. The number of rotatable bonds is 5. The molecule has 0 fully saturated rings. The van der Waals surface area contributed by atoms with E-state index in [-0.39, 0.29) is 12.0 Å². The van der Waals surface area contributed by atoms with Crippen molar-refractivity contribution in [2.45, 2.75) is 33.3 Å². The van der Waals surface area contributed by atoms with E-state index < -0.39 is 0 Å². The van der Waals surface area contributed by atoms with Gasteiger partial charge < -0.3 is 10.8 Å². The van der Waals surface area contributed by atoms with Crippen molar-refractivity contribution < 1.29 is 5.11 Å². The smallest absolute Gasteiger partial charge is 0.0954 e. The van der Waals surface area contributed by atoms with Crippen LogP contribution in [0.2, 0.25) is 0 Å². The Kier molecular flexibility index (Phi) is 4.70. The van der Waals surface area contributed by atoms with Crippen molar-refractivity contribution in [3.8, 4) is 0 Å². The van der Waals surface area contributed by atoms with Gasteiger partial charge in [0.1, 0.15) is 0 Å². The zero-order chi connectivity index (χ0) is 11.4. The highest BCUT2D eigenvalue weighted by Gasteiger charge is 2.22. The molecule has 1 rings (SSSR count). The molecule has 86 valence electrons. The Labute approximate surface area is 95.3 Å². The molecule has 0 aromatic carbocycles. The molecular weight excluding hydrogens is 208 g/mol. The number of aryl methyl sites for hydroxylation is 1. The minimum Gasteiger partial charge on any atom is -0.392 e. The zero-order valence-electron chi connectivity index (χ0n) is 9.60. The fourth-order valence-corrected chi connectivity index (χ4v) is 2.52. The summed E-state index contributed by atoms with van der Waals surface area (Å²) in [4.78, 5) is 4.34. The van der Waals surface area contributed by atoms with Gasteiger partial charge in [-0.15, -0.1) is 11.3 Å². The number of hydrogen-bond acceptors (Lipinski definition) is 4. The van der Waals surface area contributed by atoms with Crippen LogP contribution < -0.4 is 5.73 Å². The molecule has 0 aliphatic carbocycles. The van der Waals surface area contributed by atoms with Crippen molar-refractivity contribution in [2.75, 3.05) is 6.54 Å². The van der Waals surface area contributed by atoms with Crippen LogP contribution in [0.5, 0.6) is 0 Å². The van der Waals surface area contributed by atoms with E-state index in [0.717, 1.165) is 10.7 Å². The summed E-state index contributed by atoms with van der Waals surface area (Å²) in [5, 5.41) is 13.0. The molecular formula is C11H20N2OS. The first-order chi connectivity index (χ1) is 7.04. The lowest BCUT2D eigenvalue weighted by atomic mass is 9.89. The monoisotopic (exact) mass is 228 g/mol. The molecule has 1 heterocycles. The molecule has 0 spiro atoms. The number of thiazole rings is 1. The van der Waals surface area contributed by atoms with Crippen molar-refractivity contribution in [2.24, 2.45) is 17.6 Å². The van der Waals surface area contributed by atoms with Gasteiger partial charge in [0.25, 0.3) is 0 Å². The predicted molar refractivity (Wildman–Crippen MR) is 63.9 cm³/mol. The minimum atomic E-state index is -0.374. The van der Waals surface area contributed by atoms with E-state index in [4.69, 9.17) is 5.73 Å². The Morgan fingerprint density at radius 1 is 1.53 bits per heavy atom. The number of nitrogens with two attached hydrogens (primary N) is 1. The summed E-state index contributed by atoms with van der Waals surface area (Å²) in [6, 6.07) is 0. The van der Waals surface area contributed by atoms with Gasteiger partial charge in [-0.2, -0.15) is 0 Å². The van der Waals surface area contributed by atoms with Crippen molar-refractivity contribution >= 4 is 11.3 Å². The van der Waals surface area contributed by atoms with Crippen LogP contribution in [0.3, 0.4) is 0 Å². The third kappa shape index (κ3) is 3.55. The standard InChI is InChI=1S/C11H20N2OS/c1-7(2)9(5-12)10(14)4-11-13-8(3)6-15-11/h6-7,9-10,14H,4-5,12H2,1-3H3. The van der Waals surface area contributed by atoms with Crippen LogP contribution in [0.25, 0.3) is 0 Å². The predicted octanol–water partition coefficient (Wildman–Crippen LogP) is 1.59. The Morgan fingerprint density at radius 2 is 2.20 bits per heavy atom. The van der Waals surface area contributed by atoms with E-state index in [9.17, 15) is 5.11 Å². The highest BCUT2D eigenvalue weighted by Crippen LogP contribution is 2.19. The van der Waals surface area contributed by atoms with Crippen molar-refractivity contribution in [3.05, 3.63) is 16.1 Å². The maximum atomic E-state index is 10.0. The number of nitrogens with zero attached hydrogens (tertiary/aromatic N) is 1. The summed E-state index contributed by atoms with van der Waals surface area (Å²) in [5.74, 6) is 0.570. The Bertz CT molecular complexity index is 299. The summed E-state index contributed by atoms with van der Waals surface area (Å²) < 4.78 is 0. The Balaban J connectivity index is 2.57. The molecule has 1 aromatic heterocycles. The van der Waals surface area contributed by atoms with Gasteiger partial charge in [-0.1, -0.05) is 13.8 Å². The number of aliphatic hydroxyl groups excluding tert-OH is 1. The van der Waals surface area contributed by atoms with Crippen LogP contribution in [0.4, 0.5) is 0 Å². The molecule has 0 aliphatic rings. The lowest BCUT2D eigenvalue weighted by Gasteiger charge is -2.24. The van der Waals surface area contributed by atoms with Crippen LogP contribution in [0.1, 0.15) is 24.5 Å². The van der Waals surface area contributed by atoms with Crippen molar-refractivity contribution in [3.63, 3.8) is 0 Å². The molecule has 1 aromatic rings. The van der Waals surface area contributed by atoms with Crippen molar-refractivity contribution in [1.82, 2.24) is 4.98 Å². The summed E-state index contributed by atoms with van der Waals surface area (Å²) in [7, 11) is 0. The molecule has 4 heteroatoms. The van der Waals surface area contributed by atoms with Crippen LogP contribution in [0.15, 0.2) is 5.38 Å². The Hall–Kier alpha value is -0.450. The average Bonchev–Trinajstić information content (AvgIpc) is 2.51. The molecule has 0 bridgehead atoms. The highest BCUT2D eigenvalue weighted by molar-refractivity contribution is 7.09. The van der Waals surface area contributed by atoms with Crippen LogP contribution in [-0.4, -0.2) is 22.7 Å². The van der Waals surface area contributed by atoms with Gasteiger partial charge in [-0.3, -0.25) is 0 Å². The SMILES string of the molecule is Cc1csc(CC(O)C(CN)C(C)C)n1. The summed E-state index contributed by atoms with van der Waals surface area (Å²) in [5.41, 5.74) is 6.68. The Morgan fingerprint density at radius 3 is 2.60 bits per heavy atom. The topological polar surface area (TPSA) is 59.1 Å². The fourth-order valence-electron chi connectivity index (χ4n) is 1.70. The van der Waals surface area contributed by atoms with Crippen molar-refractivity contribution in [1.29, 1.82) is 0 Å². The molecule has 0 aliphatic heterocycles. The largest absolute Gasteiger partial charge is 0.392 e. The lowest BCUT2D eigenvalue weighted by molar-refractivity contribution is 0.0863. The minimum absolute atomic E-state index is 0.161. The van der Waals surface area contributed by atoms with Gasteiger partial charge >= 0.3 is 0 Å². The first-order valence-corrected chi connectivity index (χ1v) is 6.21. The van der Waals surface area contributed by atoms with Gasteiger partial charge in [0.2, 0.25) is 0 Å². The molecule has 0 radical (unpaired) electrons. The van der Waals surface area contributed by atoms with Gasteiger partial charge in [0.05, 0.1) is 11.1 Å². The first kappa shape index (κ1) is 12.6. The molecule has 2 atom stereocenters. The zero-order valence-corrected chi connectivity index (χ0v) is 10.4. The number of hydrogen-bond donors (Lipinski definition) is 2. The maximum Gasteiger partial charge on any atom is 0.0954 e. The fraction of sp³-hybridized carbons (Fsp3) is 0.727. The molecule has 2 unspecified atom stereocenters. The summed E-state index contributed by atoms with van der Waals surface area (Å²) >= 11 is 1.61. The van der Waals surface area contributed by atoms with E-state index in [2.05, 4.69) is 18.8 Å². The molecule has 0 saturated heterocycles. The van der Waals surface area contributed by atoms with E-state index in [1.165, 1.54) is 0 Å². The second-order valence-corrected chi connectivity index (χ2v) is 5.24. The molecule has 3 N–H and O–H groups in total. The summed E-state index contributed by atoms with van der Waals surface area (Å²) in [6.45, 7) is 6.68. The van der Waals surface area contributed by atoms with Crippen LogP contribution in [-0.2, 0) is 6.42 Å². The van der Waals surface area contributed by atoms with E-state index >= 15 is 0 Å². The molecule has 0 amide bonds. The average molecular weight is 228 g/mol. The second kappa shape index (κ2) is 5.58. The number of aromatic nitrogens is 1. The van der Waals surface area contributed by atoms with Gasteiger partial charge in [0.15, 0.2) is 0 Å². The van der Waals surface area contributed by atoms with Crippen LogP contribution in [0, 0.1) is 18.8 Å². The van der Waals surface area contributed by atoms with Gasteiger partial charge in [-0.05, 0) is 25.3 Å². The lowest BCUT2D eigenvalue weighted by Crippen LogP contribution is -2.33. The van der Waals surface area contributed by atoms with Gasteiger partial charge in [-0.25, -0.2) is 4.98 Å². The third-order valence-corrected chi connectivity index (χ3v) is 3.66. The van der Waals surface area contributed by atoms with Gasteiger partial charge in [0, 0.05) is 17.5 Å². The third-order valence-electron chi connectivity index (χ3n) is 2.67. The van der Waals surface area contributed by atoms with E-state index in [1.807, 2.05) is 12.3 Å². The molecule has 3 nitrogen and oxygen atoms in total. The van der Waals surface area contributed by atoms with E-state index in [1.54, 1.807) is 11.3 Å². The molecule has 15 heavy (non-hydrogen) atoms. The summed E-state index contributed by atoms with van der Waals surface area (Å²) in [6.07, 6.45) is 0.249. The first-order valence-electron chi connectivity index (χ1n) is 5.33. The normalized spacial score (nSPS) is 15.6. The quantitative estimate of drug-likeness (QED) is 0.804. The van der Waals surface area contributed by atoms with Crippen LogP contribution >= 0.6 is 11.3 Å². The highest BCUT2D eigenvalue weighted by atomic mass is 32.1. The molecule has 0 saturated carbocycles.